The molecule has 0 aliphatic carbocycles. The Balaban J connectivity index is 1.49. The third-order valence-electron chi connectivity index (χ3n) is 3.92. The number of ether oxygens (including phenoxy) is 2. The van der Waals surface area contributed by atoms with E-state index >= 15 is 0 Å². The molecule has 1 aromatic rings. The van der Waals surface area contributed by atoms with E-state index in [1.165, 1.54) is 0 Å². The van der Waals surface area contributed by atoms with Crippen LogP contribution < -0.4 is 5.32 Å². The summed E-state index contributed by atoms with van der Waals surface area (Å²) in [5.74, 6) is 0.279. The number of likely N-dealkylation sites (tertiary alicyclic amines) is 1. The minimum Gasteiger partial charge on any atom is -0.350 e. The Morgan fingerprint density at radius 2 is 2.24 bits per heavy atom. The summed E-state index contributed by atoms with van der Waals surface area (Å²) in [5.41, 5.74) is 0.863. The molecule has 2 aliphatic rings. The van der Waals surface area contributed by atoms with Crippen LogP contribution in [0.5, 0.6) is 0 Å². The summed E-state index contributed by atoms with van der Waals surface area (Å²) in [5, 5.41) is 2.92. The highest BCUT2D eigenvalue weighted by atomic mass is 16.7. The number of carbonyl (C=O) groups is 1. The lowest BCUT2D eigenvalue weighted by Gasteiger charge is -2.34. The molecule has 2 fully saturated rings. The normalized spacial score (nSPS) is 23.2. The van der Waals surface area contributed by atoms with Crippen molar-refractivity contribution in [1.29, 1.82) is 0 Å². The minimum atomic E-state index is -0.142. The van der Waals surface area contributed by atoms with Gasteiger partial charge in [-0.05, 0) is 25.0 Å². The molecule has 3 heterocycles. The molecular weight excluding hydrogens is 270 g/mol. The summed E-state index contributed by atoms with van der Waals surface area (Å²) in [4.78, 5) is 18.3. The van der Waals surface area contributed by atoms with E-state index in [1.54, 1.807) is 6.20 Å². The molecule has 1 atom stereocenters. The van der Waals surface area contributed by atoms with E-state index in [-0.39, 0.29) is 18.2 Å². The van der Waals surface area contributed by atoms with E-state index in [4.69, 9.17) is 9.47 Å². The number of rotatable bonds is 3. The smallest absolute Gasteiger partial charge is 0.317 e. The van der Waals surface area contributed by atoms with Crippen molar-refractivity contribution in [3.63, 3.8) is 0 Å². The van der Waals surface area contributed by atoms with Gasteiger partial charge in [0, 0.05) is 25.2 Å². The molecule has 3 rings (SSSR count). The first-order valence-electron chi connectivity index (χ1n) is 7.49. The van der Waals surface area contributed by atoms with Crippen LogP contribution in [0.1, 0.15) is 18.5 Å². The van der Waals surface area contributed by atoms with Crippen molar-refractivity contribution in [2.75, 3.05) is 26.3 Å². The van der Waals surface area contributed by atoms with Crippen LogP contribution in [0.15, 0.2) is 24.4 Å². The Hall–Kier alpha value is -1.66. The molecule has 114 valence electrons. The van der Waals surface area contributed by atoms with Crippen LogP contribution in [0.4, 0.5) is 4.79 Å². The number of amides is 2. The first-order valence-corrected chi connectivity index (χ1v) is 7.49. The molecule has 2 aliphatic heterocycles. The lowest BCUT2D eigenvalue weighted by molar-refractivity contribution is -0.0963. The molecule has 21 heavy (non-hydrogen) atoms. The summed E-state index contributed by atoms with van der Waals surface area (Å²) in [6.45, 7) is 3.26. The monoisotopic (exact) mass is 291 g/mol. The summed E-state index contributed by atoms with van der Waals surface area (Å²) < 4.78 is 11.1. The SMILES string of the molecule is O=C(NCc1ccccn1)N1CCCC(C2OCCO2)C1. The predicted molar refractivity (Wildman–Crippen MR) is 76.5 cm³/mol. The molecule has 2 amide bonds. The standard InChI is InChI=1S/C15H21N3O3/c19-15(17-10-13-5-1-2-6-16-13)18-7-3-4-12(11-18)14-20-8-9-21-14/h1-2,5-6,12,14H,3-4,7-11H2,(H,17,19). The topological polar surface area (TPSA) is 63.7 Å². The largest absolute Gasteiger partial charge is 0.350 e. The highest BCUT2D eigenvalue weighted by Crippen LogP contribution is 2.24. The van der Waals surface area contributed by atoms with Crippen molar-refractivity contribution in [2.24, 2.45) is 5.92 Å². The Bertz CT molecular complexity index is 462. The molecule has 2 saturated heterocycles. The van der Waals surface area contributed by atoms with E-state index in [2.05, 4.69) is 10.3 Å². The Morgan fingerprint density at radius 1 is 1.38 bits per heavy atom. The van der Waals surface area contributed by atoms with Crippen LogP contribution in [0, 0.1) is 5.92 Å². The maximum absolute atomic E-state index is 12.2. The number of pyridine rings is 1. The molecule has 0 aromatic carbocycles. The zero-order valence-electron chi connectivity index (χ0n) is 12.0. The van der Waals surface area contributed by atoms with Crippen LogP contribution in [0.3, 0.4) is 0 Å². The van der Waals surface area contributed by atoms with E-state index in [1.807, 2.05) is 23.1 Å². The van der Waals surface area contributed by atoms with Gasteiger partial charge in [-0.2, -0.15) is 0 Å². The first kappa shape index (κ1) is 14.3. The van der Waals surface area contributed by atoms with Crippen molar-refractivity contribution in [2.45, 2.75) is 25.7 Å². The zero-order chi connectivity index (χ0) is 14.5. The fourth-order valence-corrected chi connectivity index (χ4v) is 2.85. The second-order valence-corrected chi connectivity index (χ2v) is 5.44. The van der Waals surface area contributed by atoms with Crippen LogP contribution >= 0.6 is 0 Å². The van der Waals surface area contributed by atoms with Crippen molar-refractivity contribution in [1.82, 2.24) is 15.2 Å². The van der Waals surface area contributed by atoms with Crippen molar-refractivity contribution in [3.8, 4) is 0 Å². The molecule has 0 radical (unpaired) electrons. The average Bonchev–Trinajstić information content (AvgIpc) is 3.08. The molecule has 1 aromatic heterocycles. The Morgan fingerprint density at radius 3 is 3.00 bits per heavy atom. The average molecular weight is 291 g/mol. The number of hydrogen-bond acceptors (Lipinski definition) is 4. The van der Waals surface area contributed by atoms with Gasteiger partial charge in [0.05, 0.1) is 25.5 Å². The number of carbonyl (C=O) groups excluding carboxylic acids is 1. The van der Waals surface area contributed by atoms with E-state index in [9.17, 15) is 4.79 Å². The van der Waals surface area contributed by atoms with Gasteiger partial charge in [0.15, 0.2) is 6.29 Å². The van der Waals surface area contributed by atoms with Gasteiger partial charge < -0.3 is 19.7 Å². The fraction of sp³-hybridized carbons (Fsp3) is 0.600. The maximum Gasteiger partial charge on any atom is 0.317 e. The zero-order valence-corrected chi connectivity index (χ0v) is 12.0. The third kappa shape index (κ3) is 3.71. The van der Waals surface area contributed by atoms with Crippen LogP contribution in [0.25, 0.3) is 0 Å². The van der Waals surface area contributed by atoms with E-state index < -0.39 is 0 Å². The molecule has 1 unspecified atom stereocenters. The lowest BCUT2D eigenvalue weighted by atomic mass is 9.98. The first-order chi connectivity index (χ1) is 10.3. The second-order valence-electron chi connectivity index (χ2n) is 5.44. The molecule has 1 N–H and O–H groups in total. The predicted octanol–water partition coefficient (Wildman–Crippen LogP) is 1.38. The van der Waals surface area contributed by atoms with E-state index in [0.29, 0.717) is 26.3 Å². The minimum absolute atomic E-state index is 0.0386. The van der Waals surface area contributed by atoms with Gasteiger partial charge in [-0.3, -0.25) is 4.98 Å². The van der Waals surface area contributed by atoms with Gasteiger partial charge in [-0.25, -0.2) is 4.79 Å². The molecule has 0 saturated carbocycles. The second kappa shape index (κ2) is 6.87. The van der Waals surface area contributed by atoms with Gasteiger partial charge in [-0.1, -0.05) is 6.07 Å². The van der Waals surface area contributed by atoms with Gasteiger partial charge in [0.25, 0.3) is 0 Å². The molecule has 0 spiro atoms. The number of nitrogens with one attached hydrogen (secondary N) is 1. The van der Waals surface area contributed by atoms with Gasteiger partial charge in [-0.15, -0.1) is 0 Å². The third-order valence-corrected chi connectivity index (χ3v) is 3.92. The molecule has 6 heteroatoms. The number of urea groups is 1. The quantitative estimate of drug-likeness (QED) is 0.913. The van der Waals surface area contributed by atoms with Gasteiger partial charge in [0.1, 0.15) is 0 Å². The number of piperidine rings is 1. The highest BCUT2D eigenvalue weighted by Gasteiger charge is 2.32. The number of hydrogen-bond donors (Lipinski definition) is 1. The molecule has 6 nitrogen and oxygen atoms in total. The maximum atomic E-state index is 12.2. The number of aromatic nitrogens is 1. The number of nitrogens with zero attached hydrogens (tertiary/aromatic N) is 2. The van der Waals surface area contributed by atoms with E-state index in [0.717, 1.165) is 25.1 Å². The lowest BCUT2D eigenvalue weighted by Crippen LogP contribution is -2.47. The van der Waals surface area contributed by atoms with Crippen LogP contribution in [-0.2, 0) is 16.0 Å². The van der Waals surface area contributed by atoms with Crippen molar-refractivity contribution < 1.29 is 14.3 Å². The highest BCUT2D eigenvalue weighted by molar-refractivity contribution is 5.74. The fourth-order valence-electron chi connectivity index (χ4n) is 2.85. The van der Waals surface area contributed by atoms with Crippen molar-refractivity contribution >= 4 is 6.03 Å². The summed E-state index contributed by atoms with van der Waals surface area (Å²) in [6.07, 6.45) is 3.63. The van der Waals surface area contributed by atoms with Gasteiger partial charge >= 0.3 is 6.03 Å². The molecule has 0 bridgehead atoms. The van der Waals surface area contributed by atoms with Gasteiger partial charge in [0.2, 0.25) is 0 Å². The summed E-state index contributed by atoms with van der Waals surface area (Å²) >= 11 is 0. The van der Waals surface area contributed by atoms with Crippen molar-refractivity contribution in [3.05, 3.63) is 30.1 Å². The Kier molecular flexibility index (Phi) is 4.67. The van der Waals surface area contributed by atoms with Crippen LogP contribution in [0.2, 0.25) is 0 Å². The molecular formula is C15H21N3O3. The summed E-state index contributed by atoms with van der Waals surface area (Å²) in [7, 11) is 0. The summed E-state index contributed by atoms with van der Waals surface area (Å²) in [6, 6.07) is 5.64. The Labute approximate surface area is 124 Å². The van der Waals surface area contributed by atoms with Crippen LogP contribution in [-0.4, -0.2) is 48.5 Å².